The Morgan fingerprint density at radius 1 is 1.06 bits per heavy atom. The number of nitrogens with one attached hydrogen (secondary N) is 2. The van der Waals surface area contributed by atoms with Crippen molar-refractivity contribution in [2.45, 2.75) is 44.1 Å². The van der Waals surface area contributed by atoms with Crippen LogP contribution < -0.4 is 10.6 Å². The van der Waals surface area contributed by atoms with E-state index in [0.29, 0.717) is 21.8 Å². The van der Waals surface area contributed by atoms with Crippen LogP contribution in [0.4, 0.5) is 5.69 Å². The number of rotatable bonds is 7. The summed E-state index contributed by atoms with van der Waals surface area (Å²) in [5, 5.41) is 38.4. The van der Waals surface area contributed by atoms with Gasteiger partial charge in [0.05, 0.1) is 6.10 Å². The summed E-state index contributed by atoms with van der Waals surface area (Å²) in [5.74, 6) is -2.20. The van der Waals surface area contributed by atoms with Gasteiger partial charge in [-0.15, -0.1) is 0 Å². The highest BCUT2D eigenvalue weighted by Crippen LogP contribution is 2.46. The molecule has 0 spiro atoms. The quantitative estimate of drug-likeness (QED) is 0.312. The molecule has 3 rings (SSSR count). The molecular formula is C25H29ClN2O5. The molecule has 0 bridgehead atoms. The van der Waals surface area contributed by atoms with Gasteiger partial charge in [0.2, 0.25) is 0 Å². The Balaban J connectivity index is 1.98. The largest absolute Gasteiger partial charge is 0.392 e. The van der Waals surface area contributed by atoms with Crippen molar-refractivity contribution < 1.29 is 24.9 Å². The lowest BCUT2D eigenvalue weighted by Gasteiger charge is -2.47. The van der Waals surface area contributed by atoms with E-state index in [1.807, 2.05) is 0 Å². The van der Waals surface area contributed by atoms with E-state index in [-0.39, 0.29) is 12.5 Å². The van der Waals surface area contributed by atoms with Crippen LogP contribution in [0.3, 0.4) is 0 Å². The SMILES string of the molecule is CC(=O)[C@]1(O)C=C[C@](O)(Nc2ccc(Cl)cc2)C(c2ccc(C(=O)NCC(C)O)cc2)[C@@H]1C. The zero-order chi connectivity index (χ0) is 24.4. The van der Waals surface area contributed by atoms with Crippen LogP contribution in [0.2, 0.25) is 5.02 Å². The molecule has 7 nitrogen and oxygen atoms in total. The normalized spacial score (nSPS) is 27.6. The van der Waals surface area contributed by atoms with Gasteiger partial charge in [-0.1, -0.05) is 30.7 Å². The number of anilines is 1. The van der Waals surface area contributed by atoms with Crippen LogP contribution in [-0.2, 0) is 4.79 Å². The van der Waals surface area contributed by atoms with Gasteiger partial charge in [-0.2, -0.15) is 0 Å². The van der Waals surface area contributed by atoms with Crippen molar-refractivity contribution in [3.8, 4) is 0 Å². The third-order valence-electron chi connectivity index (χ3n) is 6.10. The first-order chi connectivity index (χ1) is 15.5. The second-order valence-corrected chi connectivity index (χ2v) is 9.06. The van der Waals surface area contributed by atoms with Crippen LogP contribution in [0.1, 0.15) is 42.6 Å². The van der Waals surface area contributed by atoms with Gasteiger partial charge in [-0.05, 0) is 68.0 Å². The van der Waals surface area contributed by atoms with Crippen LogP contribution >= 0.6 is 11.6 Å². The van der Waals surface area contributed by atoms with Crippen molar-refractivity contribution in [2.75, 3.05) is 11.9 Å². The number of halogens is 1. The molecule has 2 unspecified atom stereocenters. The zero-order valence-corrected chi connectivity index (χ0v) is 19.5. The van der Waals surface area contributed by atoms with Crippen molar-refractivity contribution >= 4 is 29.0 Å². The highest BCUT2D eigenvalue weighted by Gasteiger charge is 2.52. The lowest BCUT2D eigenvalue weighted by atomic mass is 9.65. The van der Waals surface area contributed by atoms with Crippen molar-refractivity contribution in [3.05, 3.63) is 76.8 Å². The van der Waals surface area contributed by atoms with E-state index in [4.69, 9.17) is 11.6 Å². The molecule has 2 aromatic carbocycles. The number of aliphatic hydroxyl groups excluding tert-OH is 1. The third-order valence-corrected chi connectivity index (χ3v) is 6.35. The van der Waals surface area contributed by atoms with E-state index in [1.165, 1.54) is 19.1 Å². The predicted octanol–water partition coefficient (Wildman–Crippen LogP) is 2.86. The topological polar surface area (TPSA) is 119 Å². The summed E-state index contributed by atoms with van der Waals surface area (Å²) < 4.78 is 0. The van der Waals surface area contributed by atoms with Crippen LogP contribution in [0.5, 0.6) is 0 Å². The number of hydrogen-bond donors (Lipinski definition) is 5. The van der Waals surface area contributed by atoms with Gasteiger partial charge in [0.15, 0.2) is 11.5 Å². The molecule has 0 aliphatic heterocycles. The van der Waals surface area contributed by atoms with Crippen LogP contribution in [0, 0.1) is 5.92 Å². The first kappa shape index (κ1) is 24.9. The Kier molecular flexibility index (Phi) is 7.29. The van der Waals surface area contributed by atoms with Crippen LogP contribution in [-0.4, -0.2) is 51.0 Å². The molecular weight excluding hydrogens is 444 g/mol. The van der Waals surface area contributed by atoms with Gasteiger partial charge in [0, 0.05) is 34.7 Å². The van der Waals surface area contributed by atoms with Crippen LogP contribution in [0.25, 0.3) is 0 Å². The van der Waals surface area contributed by atoms with Crippen molar-refractivity contribution in [1.82, 2.24) is 5.32 Å². The summed E-state index contributed by atoms with van der Waals surface area (Å²) >= 11 is 5.97. The molecule has 1 amide bonds. The molecule has 0 saturated heterocycles. The van der Waals surface area contributed by atoms with Gasteiger partial charge in [0.25, 0.3) is 5.91 Å². The number of aliphatic hydroxyl groups is 3. The smallest absolute Gasteiger partial charge is 0.251 e. The molecule has 0 fully saturated rings. The number of carbonyl (C=O) groups excluding carboxylic acids is 2. The van der Waals surface area contributed by atoms with Gasteiger partial charge >= 0.3 is 0 Å². The number of benzene rings is 2. The number of carbonyl (C=O) groups is 2. The molecule has 1 aliphatic rings. The molecule has 33 heavy (non-hydrogen) atoms. The summed E-state index contributed by atoms with van der Waals surface area (Å²) in [7, 11) is 0. The van der Waals surface area contributed by atoms with E-state index in [2.05, 4.69) is 10.6 Å². The third kappa shape index (κ3) is 5.28. The molecule has 0 saturated carbocycles. The zero-order valence-electron chi connectivity index (χ0n) is 18.7. The Morgan fingerprint density at radius 2 is 1.67 bits per heavy atom. The fourth-order valence-electron chi connectivity index (χ4n) is 4.19. The molecule has 8 heteroatoms. The summed E-state index contributed by atoms with van der Waals surface area (Å²) in [6, 6.07) is 13.4. The first-order valence-electron chi connectivity index (χ1n) is 10.7. The Hall–Kier alpha value is -2.71. The first-order valence-corrected chi connectivity index (χ1v) is 11.1. The summed E-state index contributed by atoms with van der Waals surface area (Å²) in [4.78, 5) is 24.6. The van der Waals surface area contributed by atoms with Crippen molar-refractivity contribution in [3.63, 3.8) is 0 Å². The number of Topliss-reactive ketones (excluding diaryl/α,β-unsaturated/α-hetero) is 1. The fraction of sp³-hybridized carbons (Fsp3) is 0.360. The standard InChI is InChI=1S/C25H29ClN2O5/c1-15(29)14-27-23(31)19-6-4-18(5-7-19)22-16(2)24(32,17(3)30)12-13-25(22,33)28-21-10-8-20(26)9-11-21/h4-13,15-16,22,28-29,32-33H,14H2,1-3H3,(H,27,31)/t15?,16-,22?,24-,25+/m0/s1. The summed E-state index contributed by atoms with van der Waals surface area (Å²) in [5.41, 5.74) is -1.78. The Bertz CT molecular complexity index is 1040. The lowest BCUT2D eigenvalue weighted by Crippen LogP contribution is -2.56. The van der Waals surface area contributed by atoms with E-state index in [1.54, 1.807) is 62.4 Å². The molecule has 0 aromatic heterocycles. The molecule has 5 atom stereocenters. The average molecular weight is 473 g/mol. The maximum atomic E-state index is 12.3. The highest BCUT2D eigenvalue weighted by molar-refractivity contribution is 6.30. The minimum absolute atomic E-state index is 0.126. The minimum Gasteiger partial charge on any atom is -0.392 e. The summed E-state index contributed by atoms with van der Waals surface area (Å²) in [6.45, 7) is 4.71. The highest BCUT2D eigenvalue weighted by atomic mass is 35.5. The molecule has 5 N–H and O–H groups in total. The van der Waals surface area contributed by atoms with E-state index in [9.17, 15) is 24.9 Å². The molecule has 0 heterocycles. The Labute approximate surface area is 198 Å². The monoisotopic (exact) mass is 472 g/mol. The number of hydrogen-bond acceptors (Lipinski definition) is 6. The maximum absolute atomic E-state index is 12.3. The van der Waals surface area contributed by atoms with Gasteiger partial charge < -0.3 is 26.0 Å². The second-order valence-electron chi connectivity index (χ2n) is 8.62. The Morgan fingerprint density at radius 3 is 2.21 bits per heavy atom. The molecule has 0 radical (unpaired) electrons. The minimum atomic E-state index is -1.76. The van der Waals surface area contributed by atoms with Gasteiger partial charge in [-0.25, -0.2) is 0 Å². The lowest BCUT2D eigenvalue weighted by molar-refractivity contribution is -0.138. The number of ketones is 1. The van der Waals surface area contributed by atoms with Gasteiger partial charge in [-0.3, -0.25) is 9.59 Å². The molecule has 176 valence electrons. The average Bonchev–Trinajstić information content (AvgIpc) is 2.77. The predicted molar refractivity (Wildman–Crippen MR) is 127 cm³/mol. The van der Waals surface area contributed by atoms with Crippen molar-refractivity contribution in [2.24, 2.45) is 5.92 Å². The molecule has 1 aliphatic carbocycles. The van der Waals surface area contributed by atoms with Gasteiger partial charge in [0.1, 0.15) is 5.60 Å². The fourth-order valence-corrected chi connectivity index (χ4v) is 4.32. The van der Waals surface area contributed by atoms with E-state index < -0.39 is 35.0 Å². The van der Waals surface area contributed by atoms with Crippen LogP contribution in [0.15, 0.2) is 60.7 Å². The van der Waals surface area contributed by atoms with Crippen molar-refractivity contribution in [1.29, 1.82) is 0 Å². The van der Waals surface area contributed by atoms with E-state index >= 15 is 0 Å². The van der Waals surface area contributed by atoms with E-state index in [0.717, 1.165) is 0 Å². The maximum Gasteiger partial charge on any atom is 0.251 e. The summed E-state index contributed by atoms with van der Waals surface area (Å²) in [6.07, 6.45) is 2.06. The number of amides is 1. The molecule has 2 aromatic rings. The second kappa shape index (κ2) is 9.65.